The van der Waals surface area contributed by atoms with Crippen molar-refractivity contribution in [2.45, 2.75) is 27.7 Å². The van der Waals surface area contributed by atoms with Crippen molar-refractivity contribution < 1.29 is 4.74 Å². The van der Waals surface area contributed by atoms with Gasteiger partial charge >= 0.3 is 0 Å². The van der Waals surface area contributed by atoms with E-state index in [1.165, 1.54) is 11.1 Å². The van der Waals surface area contributed by atoms with Crippen molar-refractivity contribution in [3.8, 4) is 5.75 Å². The standard InChI is InChI=1S/C10H13NO.C2H6/c1-7-3-4-9-10(8(7)2)12-6-5-11-9;1-2/h3-4,11H,5-6H2,1-2H3;1-2H3. The van der Waals surface area contributed by atoms with E-state index >= 15 is 0 Å². The van der Waals surface area contributed by atoms with Gasteiger partial charge in [-0.1, -0.05) is 19.9 Å². The molecule has 1 heterocycles. The molecule has 1 aromatic rings. The van der Waals surface area contributed by atoms with E-state index in [9.17, 15) is 0 Å². The Morgan fingerprint density at radius 3 is 2.64 bits per heavy atom. The van der Waals surface area contributed by atoms with Crippen LogP contribution in [0.2, 0.25) is 0 Å². The molecule has 0 aliphatic carbocycles. The van der Waals surface area contributed by atoms with Crippen LogP contribution in [-0.2, 0) is 0 Å². The number of hydrogen-bond acceptors (Lipinski definition) is 2. The Morgan fingerprint density at radius 2 is 1.93 bits per heavy atom. The van der Waals surface area contributed by atoms with Crippen molar-refractivity contribution in [1.29, 1.82) is 0 Å². The lowest BCUT2D eigenvalue weighted by Gasteiger charge is -2.21. The summed E-state index contributed by atoms with van der Waals surface area (Å²) in [5.41, 5.74) is 3.67. The first kappa shape index (κ1) is 10.9. The van der Waals surface area contributed by atoms with Crippen molar-refractivity contribution in [2.24, 2.45) is 0 Å². The Bertz CT molecular complexity index is 307. The summed E-state index contributed by atoms with van der Waals surface area (Å²) in [6, 6.07) is 4.20. The molecule has 0 saturated heterocycles. The van der Waals surface area contributed by atoms with Crippen LogP contribution in [0.25, 0.3) is 0 Å². The Morgan fingerprint density at radius 1 is 1.21 bits per heavy atom. The summed E-state index contributed by atoms with van der Waals surface area (Å²) in [4.78, 5) is 0. The molecule has 2 rings (SSSR count). The molecule has 0 radical (unpaired) electrons. The number of anilines is 1. The molecule has 2 heteroatoms. The molecule has 1 aliphatic rings. The quantitative estimate of drug-likeness (QED) is 0.683. The lowest BCUT2D eigenvalue weighted by atomic mass is 10.1. The lowest BCUT2D eigenvalue weighted by molar-refractivity contribution is 0.321. The Hall–Kier alpha value is -1.18. The van der Waals surface area contributed by atoms with Gasteiger partial charge in [-0.15, -0.1) is 0 Å². The van der Waals surface area contributed by atoms with Crippen molar-refractivity contribution >= 4 is 5.69 Å². The lowest BCUT2D eigenvalue weighted by Crippen LogP contribution is -2.18. The molecule has 0 saturated carbocycles. The molecule has 2 nitrogen and oxygen atoms in total. The predicted molar refractivity (Wildman–Crippen MR) is 61.2 cm³/mol. The molecule has 14 heavy (non-hydrogen) atoms. The zero-order valence-electron chi connectivity index (χ0n) is 9.48. The van der Waals surface area contributed by atoms with Gasteiger partial charge in [0.2, 0.25) is 0 Å². The summed E-state index contributed by atoms with van der Waals surface area (Å²) < 4.78 is 5.57. The van der Waals surface area contributed by atoms with E-state index in [0.717, 1.165) is 24.6 Å². The van der Waals surface area contributed by atoms with E-state index in [1.807, 2.05) is 13.8 Å². The second kappa shape index (κ2) is 4.89. The predicted octanol–water partition coefficient (Wildman–Crippen LogP) is 3.13. The van der Waals surface area contributed by atoms with Crippen LogP contribution in [-0.4, -0.2) is 13.2 Å². The second-order valence-electron chi connectivity index (χ2n) is 3.16. The largest absolute Gasteiger partial charge is 0.489 e. The van der Waals surface area contributed by atoms with Gasteiger partial charge in [0.25, 0.3) is 0 Å². The summed E-state index contributed by atoms with van der Waals surface area (Å²) in [5, 5.41) is 3.31. The Kier molecular flexibility index (Phi) is 3.81. The van der Waals surface area contributed by atoms with Gasteiger partial charge in [0.15, 0.2) is 0 Å². The van der Waals surface area contributed by atoms with E-state index in [1.54, 1.807) is 0 Å². The summed E-state index contributed by atoms with van der Waals surface area (Å²) in [7, 11) is 0. The van der Waals surface area contributed by atoms with Gasteiger partial charge in [-0.05, 0) is 31.0 Å². The second-order valence-corrected chi connectivity index (χ2v) is 3.16. The van der Waals surface area contributed by atoms with Crippen molar-refractivity contribution in [3.63, 3.8) is 0 Å². The highest BCUT2D eigenvalue weighted by atomic mass is 16.5. The van der Waals surface area contributed by atoms with Gasteiger partial charge in [-0.3, -0.25) is 0 Å². The number of rotatable bonds is 0. The third kappa shape index (κ3) is 2.00. The highest BCUT2D eigenvalue weighted by Gasteiger charge is 2.12. The van der Waals surface area contributed by atoms with Crippen LogP contribution in [0, 0.1) is 13.8 Å². The third-order valence-corrected chi connectivity index (χ3v) is 2.34. The van der Waals surface area contributed by atoms with Gasteiger partial charge < -0.3 is 10.1 Å². The minimum atomic E-state index is 0.775. The Balaban J connectivity index is 0.000000461. The maximum atomic E-state index is 5.57. The smallest absolute Gasteiger partial charge is 0.145 e. The minimum Gasteiger partial charge on any atom is -0.489 e. The fraction of sp³-hybridized carbons (Fsp3) is 0.500. The van der Waals surface area contributed by atoms with Crippen LogP contribution in [0.5, 0.6) is 5.75 Å². The van der Waals surface area contributed by atoms with Gasteiger partial charge in [0, 0.05) is 6.54 Å². The highest BCUT2D eigenvalue weighted by Crippen LogP contribution is 2.32. The van der Waals surface area contributed by atoms with Crippen LogP contribution in [0.15, 0.2) is 12.1 Å². The Labute approximate surface area is 86.3 Å². The molecule has 0 fully saturated rings. The summed E-state index contributed by atoms with van der Waals surface area (Å²) in [5.74, 6) is 1.03. The van der Waals surface area contributed by atoms with Crippen molar-refractivity contribution in [2.75, 3.05) is 18.5 Å². The summed E-state index contributed by atoms with van der Waals surface area (Å²) in [6.07, 6.45) is 0. The zero-order chi connectivity index (χ0) is 10.6. The molecule has 78 valence electrons. The summed E-state index contributed by atoms with van der Waals surface area (Å²) >= 11 is 0. The fourth-order valence-electron chi connectivity index (χ4n) is 1.45. The number of ether oxygens (including phenoxy) is 1. The number of nitrogens with one attached hydrogen (secondary N) is 1. The monoisotopic (exact) mass is 193 g/mol. The molecule has 1 aliphatic heterocycles. The number of fused-ring (bicyclic) bond motifs is 1. The molecule has 1 N–H and O–H groups in total. The van der Waals surface area contributed by atoms with E-state index in [2.05, 4.69) is 31.3 Å². The van der Waals surface area contributed by atoms with Gasteiger partial charge in [0.05, 0.1) is 5.69 Å². The van der Waals surface area contributed by atoms with E-state index in [4.69, 9.17) is 4.74 Å². The van der Waals surface area contributed by atoms with Gasteiger partial charge in [-0.25, -0.2) is 0 Å². The number of benzene rings is 1. The topological polar surface area (TPSA) is 21.3 Å². The summed E-state index contributed by atoms with van der Waals surface area (Å²) in [6.45, 7) is 9.89. The van der Waals surface area contributed by atoms with Crippen LogP contribution in [0.1, 0.15) is 25.0 Å². The zero-order valence-corrected chi connectivity index (χ0v) is 9.48. The molecule has 0 bridgehead atoms. The first-order chi connectivity index (χ1) is 6.79. The first-order valence-electron chi connectivity index (χ1n) is 5.26. The fourth-order valence-corrected chi connectivity index (χ4v) is 1.45. The van der Waals surface area contributed by atoms with Gasteiger partial charge in [0.1, 0.15) is 12.4 Å². The average Bonchev–Trinajstić information content (AvgIpc) is 2.27. The number of hydrogen-bond donors (Lipinski definition) is 1. The number of aryl methyl sites for hydroxylation is 1. The minimum absolute atomic E-state index is 0.775. The third-order valence-electron chi connectivity index (χ3n) is 2.34. The van der Waals surface area contributed by atoms with E-state index < -0.39 is 0 Å². The molecular formula is C12H19NO. The van der Waals surface area contributed by atoms with Crippen LogP contribution >= 0.6 is 0 Å². The van der Waals surface area contributed by atoms with Crippen molar-refractivity contribution in [1.82, 2.24) is 0 Å². The molecule has 0 atom stereocenters. The average molecular weight is 193 g/mol. The maximum absolute atomic E-state index is 5.57. The van der Waals surface area contributed by atoms with E-state index in [-0.39, 0.29) is 0 Å². The van der Waals surface area contributed by atoms with Crippen LogP contribution in [0.4, 0.5) is 5.69 Å². The van der Waals surface area contributed by atoms with Gasteiger partial charge in [-0.2, -0.15) is 0 Å². The maximum Gasteiger partial charge on any atom is 0.145 e. The molecule has 0 aromatic heterocycles. The van der Waals surface area contributed by atoms with E-state index in [0.29, 0.717) is 0 Å². The normalized spacial score (nSPS) is 12.9. The first-order valence-corrected chi connectivity index (χ1v) is 5.26. The molecular weight excluding hydrogens is 174 g/mol. The molecule has 0 unspecified atom stereocenters. The van der Waals surface area contributed by atoms with Crippen LogP contribution in [0.3, 0.4) is 0 Å². The SMILES string of the molecule is CC.Cc1ccc2c(c1C)OCCN2. The molecule has 1 aromatic carbocycles. The van der Waals surface area contributed by atoms with Crippen LogP contribution < -0.4 is 10.1 Å². The van der Waals surface area contributed by atoms with Crippen molar-refractivity contribution in [3.05, 3.63) is 23.3 Å². The molecule has 0 amide bonds. The highest BCUT2D eigenvalue weighted by molar-refractivity contribution is 5.62. The molecule has 0 spiro atoms.